The number of nitrogens with zero attached hydrogens (tertiary/aromatic N) is 2. The number of guanidine groups is 1. The van der Waals surface area contributed by atoms with Crippen LogP contribution in [0.2, 0.25) is 0 Å². The Kier molecular flexibility index (Phi) is 5.12. The fourth-order valence-electron chi connectivity index (χ4n) is 4.52. The molecule has 1 aliphatic heterocycles. The second kappa shape index (κ2) is 7.10. The van der Waals surface area contributed by atoms with Crippen molar-refractivity contribution in [2.75, 3.05) is 27.2 Å². The van der Waals surface area contributed by atoms with E-state index >= 15 is 0 Å². The highest BCUT2D eigenvalue weighted by atomic mass is 16.5. The van der Waals surface area contributed by atoms with Gasteiger partial charge in [-0.05, 0) is 24.2 Å². The van der Waals surface area contributed by atoms with Crippen LogP contribution in [0.25, 0.3) is 0 Å². The summed E-state index contributed by atoms with van der Waals surface area (Å²) in [6.45, 7) is 3.71. The van der Waals surface area contributed by atoms with E-state index in [1.807, 2.05) is 7.05 Å². The molecular formula is C18H31N3O2. The van der Waals surface area contributed by atoms with Crippen molar-refractivity contribution in [1.29, 1.82) is 0 Å². The smallest absolute Gasteiger partial charge is 0.310 e. The van der Waals surface area contributed by atoms with Gasteiger partial charge in [-0.25, -0.2) is 0 Å². The van der Waals surface area contributed by atoms with Crippen molar-refractivity contribution in [3.63, 3.8) is 0 Å². The molecule has 3 fully saturated rings. The molecule has 23 heavy (non-hydrogen) atoms. The molecule has 0 amide bonds. The number of nitrogens with one attached hydrogen (secondary N) is 1. The lowest BCUT2D eigenvalue weighted by atomic mass is 9.85. The first-order valence-electron chi connectivity index (χ1n) is 9.20. The number of methoxy groups -OCH3 is 1. The minimum Gasteiger partial charge on any atom is -0.469 e. The van der Waals surface area contributed by atoms with Crippen LogP contribution in [0.3, 0.4) is 0 Å². The van der Waals surface area contributed by atoms with Gasteiger partial charge in [-0.1, -0.05) is 39.0 Å². The van der Waals surface area contributed by atoms with Gasteiger partial charge in [0.1, 0.15) is 0 Å². The second-order valence-corrected chi connectivity index (χ2v) is 7.61. The van der Waals surface area contributed by atoms with E-state index in [1.165, 1.54) is 45.6 Å². The lowest BCUT2D eigenvalue weighted by Crippen LogP contribution is -2.42. The predicted molar refractivity (Wildman–Crippen MR) is 91.2 cm³/mol. The maximum Gasteiger partial charge on any atom is 0.310 e. The first kappa shape index (κ1) is 16.6. The van der Waals surface area contributed by atoms with Crippen molar-refractivity contribution in [3.8, 4) is 0 Å². The zero-order chi connectivity index (χ0) is 16.4. The van der Waals surface area contributed by atoms with E-state index in [0.29, 0.717) is 18.5 Å². The van der Waals surface area contributed by atoms with Gasteiger partial charge in [-0.3, -0.25) is 9.79 Å². The monoisotopic (exact) mass is 321 g/mol. The summed E-state index contributed by atoms with van der Waals surface area (Å²) in [6, 6.07) is 0.587. The largest absolute Gasteiger partial charge is 0.469 e. The highest BCUT2D eigenvalue weighted by molar-refractivity contribution is 5.82. The van der Waals surface area contributed by atoms with Crippen molar-refractivity contribution in [3.05, 3.63) is 0 Å². The summed E-state index contributed by atoms with van der Waals surface area (Å²) in [5, 5.41) is 3.65. The maximum atomic E-state index is 11.9. The molecule has 2 saturated carbocycles. The highest BCUT2D eigenvalue weighted by Gasteiger charge is 2.45. The van der Waals surface area contributed by atoms with Crippen molar-refractivity contribution in [1.82, 2.24) is 10.2 Å². The molecule has 0 radical (unpaired) electrons. The van der Waals surface area contributed by atoms with E-state index in [-0.39, 0.29) is 11.9 Å². The summed E-state index contributed by atoms with van der Waals surface area (Å²) in [5.74, 6) is 2.90. The Balaban J connectivity index is 1.52. The van der Waals surface area contributed by atoms with Crippen LogP contribution in [0.4, 0.5) is 0 Å². The average Bonchev–Trinajstić information content (AvgIpc) is 3.25. The van der Waals surface area contributed by atoms with Gasteiger partial charge in [-0.2, -0.15) is 0 Å². The standard InChI is InChI=1S/C18H31N3O2/c1-12-10-21(11-15(12)17(22)23-3)18(19-2)20-16-9-14(16)13-7-5-4-6-8-13/h12-16H,4-11H2,1-3H3,(H,19,20). The van der Waals surface area contributed by atoms with Gasteiger partial charge in [0.15, 0.2) is 5.96 Å². The molecule has 0 aromatic heterocycles. The van der Waals surface area contributed by atoms with Crippen LogP contribution in [0.5, 0.6) is 0 Å². The summed E-state index contributed by atoms with van der Waals surface area (Å²) in [4.78, 5) is 18.6. The van der Waals surface area contributed by atoms with Crippen LogP contribution in [0, 0.1) is 23.7 Å². The molecule has 1 heterocycles. The Morgan fingerprint density at radius 2 is 1.96 bits per heavy atom. The number of carbonyl (C=O) groups is 1. The molecule has 3 rings (SSSR count). The summed E-state index contributed by atoms with van der Waals surface area (Å²) in [7, 11) is 3.32. The molecule has 4 atom stereocenters. The van der Waals surface area contributed by atoms with E-state index in [2.05, 4.69) is 22.1 Å². The van der Waals surface area contributed by atoms with E-state index < -0.39 is 0 Å². The van der Waals surface area contributed by atoms with Crippen LogP contribution in [0.1, 0.15) is 45.4 Å². The lowest BCUT2D eigenvalue weighted by molar-refractivity contribution is -0.145. The Labute approximate surface area is 139 Å². The Hall–Kier alpha value is -1.26. The Morgan fingerprint density at radius 3 is 2.61 bits per heavy atom. The number of likely N-dealkylation sites (tertiary alicyclic amines) is 1. The number of hydrogen-bond acceptors (Lipinski definition) is 3. The number of rotatable bonds is 3. The number of aliphatic imine (C=N–C) groups is 1. The minimum absolute atomic E-state index is 0.0353. The van der Waals surface area contributed by atoms with Crippen LogP contribution < -0.4 is 5.32 Å². The van der Waals surface area contributed by atoms with Gasteiger partial charge in [0.25, 0.3) is 0 Å². The van der Waals surface area contributed by atoms with Crippen molar-refractivity contribution >= 4 is 11.9 Å². The van der Waals surface area contributed by atoms with E-state index in [4.69, 9.17) is 4.74 Å². The molecule has 3 aliphatic rings. The van der Waals surface area contributed by atoms with Crippen LogP contribution in [0.15, 0.2) is 4.99 Å². The Morgan fingerprint density at radius 1 is 1.22 bits per heavy atom. The third-order valence-electron chi connectivity index (χ3n) is 6.04. The quantitative estimate of drug-likeness (QED) is 0.492. The second-order valence-electron chi connectivity index (χ2n) is 7.61. The van der Waals surface area contributed by atoms with Crippen LogP contribution >= 0.6 is 0 Å². The van der Waals surface area contributed by atoms with Gasteiger partial charge in [0.05, 0.1) is 13.0 Å². The molecule has 0 aromatic carbocycles. The van der Waals surface area contributed by atoms with Gasteiger partial charge in [0.2, 0.25) is 0 Å². The molecule has 2 aliphatic carbocycles. The zero-order valence-electron chi connectivity index (χ0n) is 14.8. The van der Waals surface area contributed by atoms with Crippen LogP contribution in [-0.2, 0) is 9.53 Å². The third-order valence-corrected chi connectivity index (χ3v) is 6.04. The van der Waals surface area contributed by atoms with Gasteiger partial charge >= 0.3 is 5.97 Å². The van der Waals surface area contributed by atoms with Crippen LogP contribution in [-0.4, -0.2) is 50.1 Å². The molecule has 1 saturated heterocycles. The maximum absolute atomic E-state index is 11.9. The Bertz CT molecular complexity index is 459. The summed E-state index contributed by atoms with van der Waals surface area (Å²) in [5.41, 5.74) is 0. The number of carbonyl (C=O) groups excluding carboxylic acids is 1. The fraction of sp³-hybridized carbons (Fsp3) is 0.889. The summed E-state index contributed by atoms with van der Waals surface area (Å²) in [6.07, 6.45) is 8.34. The lowest BCUT2D eigenvalue weighted by Gasteiger charge is -2.24. The fourth-order valence-corrected chi connectivity index (χ4v) is 4.52. The molecule has 130 valence electrons. The van der Waals surface area contributed by atoms with Crippen molar-refractivity contribution in [2.45, 2.75) is 51.5 Å². The molecule has 0 aromatic rings. The molecular weight excluding hydrogens is 290 g/mol. The number of hydrogen-bond donors (Lipinski definition) is 1. The summed E-state index contributed by atoms with van der Waals surface area (Å²) >= 11 is 0. The predicted octanol–water partition coefficient (Wildman–Crippen LogP) is 2.27. The molecule has 0 bridgehead atoms. The molecule has 5 heteroatoms. The molecule has 0 spiro atoms. The van der Waals surface area contributed by atoms with E-state index in [9.17, 15) is 4.79 Å². The molecule has 1 N–H and O–H groups in total. The minimum atomic E-state index is -0.0954. The molecule has 5 nitrogen and oxygen atoms in total. The number of ether oxygens (including phenoxy) is 1. The summed E-state index contributed by atoms with van der Waals surface area (Å²) < 4.78 is 4.93. The van der Waals surface area contributed by atoms with Gasteiger partial charge < -0.3 is 15.0 Å². The van der Waals surface area contributed by atoms with E-state index in [1.54, 1.807) is 0 Å². The number of esters is 1. The third kappa shape index (κ3) is 3.64. The highest BCUT2D eigenvalue weighted by Crippen LogP contribution is 2.44. The van der Waals surface area contributed by atoms with Crippen molar-refractivity contribution < 1.29 is 9.53 Å². The van der Waals surface area contributed by atoms with Gasteiger partial charge in [-0.15, -0.1) is 0 Å². The topological polar surface area (TPSA) is 53.9 Å². The molecule has 4 unspecified atom stereocenters. The van der Waals surface area contributed by atoms with Crippen molar-refractivity contribution in [2.24, 2.45) is 28.7 Å². The normalized spacial score (nSPS) is 35.3. The average molecular weight is 321 g/mol. The van der Waals surface area contributed by atoms with E-state index in [0.717, 1.165) is 24.3 Å². The van der Waals surface area contributed by atoms with Gasteiger partial charge in [0, 0.05) is 26.2 Å². The first-order valence-corrected chi connectivity index (χ1v) is 9.20. The SMILES string of the molecule is CN=C(NC1CC1C1CCCCC1)N1CC(C)C(C(=O)OC)C1. The zero-order valence-corrected chi connectivity index (χ0v) is 14.8. The first-order chi connectivity index (χ1) is 11.1.